The Morgan fingerprint density at radius 2 is 2.00 bits per heavy atom. The fourth-order valence-corrected chi connectivity index (χ4v) is 1.81. The number of allylic oxidation sites excluding steroid dienone is 5. The lowest BCUT2D eigenvalue weighted by atomic mass is 10.2. The van der Waals surface area contributed by atoms with Crippen LogP contribution in [0.3, 0.4) is 0 Å². The first-order chi connectivity index (χ1) is 9.90. The van der Waals surface area contributed by atoms with Crippen molar-refractivity contribution in [2.24, 2.45) is 4.99 Å². The Bertz CT molecular complexity index is 661. The summed E-state index contributed by atoms with van der Waals surface area (Å²) in [5, 5.41) is 6.35. The van der Waals surface area contributed by atoms with Crippen LogP contribution in [0.4, 0.5) is 0 Å². The van der Waals surface area contributed by atoms with Crippen molar-refractivity contribution < 1.29 is 0 Å². The number of nitrogens with one attached hydrogen (secondary N) is 2. The van der Waals surface area contributed by atoms with Crippen LogP contribution in [-0.4, -0.2) is 11.2 Å². The van der Waals surface area contributed by atoms with Crippen molar-refractivity contribution >= 4 is 12.3 Å². The highest BCUT2D eigenvalue weighted by Crippen LogP contribution is 2.10. The number of nitrogens with zero attached hydrogens (tertiary/aromatic N) is 2. The van der Waals surface area contributed by atoms with Gasteiger partial charge in [0.15, 0.2) is 0 Å². The van der Waals surface area contributed by atoms with E-state index < -0.39 is 0 Å². The second kappa shape index (κ2) is 5.84. The third-order valence-electron chi connectivity index (χ3n) is 2.77. The van der Waals surface area contributed by atoms with Gasteiger partial charge in [-0.3, -0.25) is 9.98 Å². The quantitative estimate of drug-likeness (QED) is 0.861. The van der Waals surface area contributed by atoms with Crippen molar-refractivity contribution in [3.63, 3.8) is 0 Å². The summed E-state index contributed by atoms with van der Waals surface area (Å²) in [6.45, 7) is 0. The molecule has 0 fully saturated rings. The van der Waals surface area contributed by atoms with E-state index in [2.05, 4.69) is 20.6 Å². The molecule has 3 rings (SSSR count). The van der Waals surface area contributed by atoms with Crippen molar-refractivity contribution in [3.05, 3.63) is 83.9 Å². The van der Waals surface area contributed by atoms with Crippen molar-refractivity contribution in [1.29, 1.82) is 0 Å². The lowest BCUT2D eigenvalue weighted by Crippen LogP contribution is -2.12. The third kappa shape index (κ3) is 3.11. The van der Waals surface area contributed by atoms with Crippen molar-refractivity contribution in [1.82, 2.24) is 15.6 Å². The van der Waals surface area contributed by atoms with Crippen LogP contribution in [0.5, 0.6) is 0 Å². The van der Waals surface area contributed by atoms with Crippen molar-refractivity contribution in [2.75, 3.05) is 0 Å². The molecule has 4 heteroatoms. The lowest BCUT2D eigenvalue weighted by Gasteiger charge is -2.10. The van der Waals surface area contributed by atoms with Gasteiger partial charge in [0, 0.05) is 24.3 Å². The van der Waals surface area contributed by atoms with Gasteiger partial charge in [0.2, 0.25) is 0 Å². The van der Waals surface area contributed by atoms with E-state index in [1.54, 1.807) is 12.4 Å². The maximum absolute atomic E-state index is 4.40. The summed E-state index contributed by atoms with van der Waals surface area (Å²) in [5.41, 5.74) is 3.69. The van der Waals surface area contributed by atoms with Crippen LogP contribution in [0.2, 0.25) is 0 Å². The number of hydrogen-bond donors (Lipinski definition) is 2. The Morgan fingerprint density at radius 1 is 1.00 bits per heavy atom. The van der Waals surface area contributed by atoms with Crippen molar-refractivity contribution in [2.45, 2.75) is 0 Å². The van der Waals surface area contributed by atoms with E-state index in [0.717, 1.165) is 22.8 Å². The molecular formula is C16H14N4. The Kier molecular flexibility index (Phi) is 3.55. The van der Waals surface area contributed by atoms with Gasteiger partial charge >= 0.3 is 0 Å². The molecule has 2 aliphatic heterocycles. The van der Waals surface area contributed by atoms with Gasteiger partial charge in [0.25, 0.3) is 0 Å². The normalized spacial score (nSPS) is 20.7. The average Bonchev–Trinajstić information content (AvgIpc) is 2.51. The first-order valence-corrected chi connectivity index (χ1v) is 6.35. The van der Waals surface area contributed by atoms with Crippen LogP contribution >= 0.6 is 0 Å². The molecule has 0 spiro atoms. The highest BCUT2D eigenvalue weighted by Gasteiger charge is 2.02. The van der Waals surface area contributed by atoms with Gasteiger partial charge in [-0.15, -0.1) is 0 Å². The Balaban J connectivity index is 1.70. The summed E-state index contributed by atoms with van der Waals surface area (Å²) in [6, 6.07) is 5.81. The monoisotopic (exact) mass is 262 g/mol. The second-order valence-electron chi connectivity index (χ2n) is 4.29. The molecule has 2 N–H and O–H groups in total. The zero-order valence-corrected chi connectivity index (χ0v) is 10.8. The molecule has 1 aromatic heterocycles. The third-order valence-corrected chi connectivity index (χ3v) is 2.77. The second-order valence-corrected chi connectivity index (χ2v) is 4.29. The van der Waals surface area contributed by atoms with E-state index in [9.17, 15) is 0 Å². The van der Waals surface area contributed by atoms with Crippen molar-refractivity contribution in [3.8, 4) is 0 Å². The van der Waals surface area contributed by atoms with E-state index in [1.165, 1.54) is 0 Å². The Labute approximate surface area is 117 Å². The van der Waals surface area contributed by atoms with E-state index >= 15 is 0 Å². The number of hydrogen-bond acceptors (Lipinski definition) is 4. The van der Waals surface area contributed by atoms with Gasteiger partial charge in [-0.05, 0) is 36.4 Å². The molecule has 0 saturated heterocycles. The molecule has 0 unspecified atom stereocenters. The van der Waals surface area contributed by atoms with Gasteiger partial charge < -0.3 is 10.6 Å². The molecule has 0 amide bonds. The van der Waals surface area contributed by atoms with Gasteiger partial charge in [-0.1, -0.05) is 12.1 Å². The van der Waals surface area contributed by atoms with Gasteiger partial charge in [-0.25, -0.2) is 0 Å². The molecule has 0 atom stereocenters. The summed E-state index contributed by atoms with van der Waals surface area (Å²) in [5.74, 6) is 0. The number of aromatic nitrogens is 1. The van der Waals surface area contributed by atoms with Crippen LogP contribution in [0.25, 0.3) is 6.08 Å². The van der Waals surface area contributed by atoms with Gasteiger partial charge in [0.05, 0.1) is 23.3 Å². The first-order valence-electron chi connectivity index (χ1n) is 6.35. The summed E-state index contributed by atoms with van der Waals surface area (Å²) in [4.78, 5) is 8.65. The fourth-order valence-electron chi connectivity index (χ4n) is 1.81. The topological polar surface area (TPSA) is 49.3 Å². The van der Waals surface area contributed by atoms with Gasteiger partial charge in [0.1, 0.15) is 0 Å². The summed E-state index contributed by atoms with van der Waals surface area (Å²) < 4.78 is 0. The number of aliphatic imine (C=N–C) groups is 1. The summed E-state index contributed by atoms with van der Waals surface area (Å²) in [7, 11) is 0. The SMILES string of the molecule is C1=CN/C(=C\C2=CNC(=Cc3ccccn3)C=N2)C=C1. The van der Waals surface area contributed by atoms with Crippen LogP contribution in [0.15, 0.2) is 83.2 Å². The minimum atomic E-state index is 0.866. The molecule has 0 bridgehead atoms. The molecule has 2 aliphatic rings. The predicted molar refractivity (Wildman–Crippen MR) is 81.4 cm³/mol. The van der Waals surface area contributed by atoms with E-state index in [1.807, 2.05) is 61.0 Å². The largest absolute Gasteiger partial charge is 0.362 e. The molecule has 3 heterocycles. The molecular weight excluding hydrogens is 248 g/mol. The number of dihydropyridines is 1. The van der Waals surface area contributed by atoms with Crippen LogP contribution < -0.4 is 10.6 Å². The standard InChI is InChI=1S/C16H14N4/c1-3-7-17-13(5-1)9-15-11-20-16(12-19-15)10-14-6-2-4-8-18-14/h1-12,17,20H/b13-9-,16-10?. The van der Waals surface area contributed by atoms with Gasteiger partial charge in [-0.2, -0.15) is 0 Å². The van der Waals surface area contributed by atoms with Crippen LogP contribution in [0, 0.1) is 0 Å². The minimum Gasteiger partial charge on any atom is -0.362 e. The molecule has 0 aliphatic carbocycles. The molecule has 0 saturated carbocycles. The summed E-state index contributed by atoms with van der Waals surface area (Å²) >= 11 is 0. The highest BCUT2D eigenvalue weighted by atomic mass is 14.9. The Morgan fingerprint density at radius 3 is 2.70 bits per heavy atom. The maximum Gasteiger partial charge on any atom is 0.0811 e. The predicted octanol–water partition coefficient (Wildman–Crippen LogP) is 2.49. The molecule has 0 radical (unpaired) electrons. The zero-order valence-electron chi connectivity index (χ0n) is 10.8. The first kappa shape index (κ1) is 12.2. The average molecular weight is 262 g/mol. The zero-order chi connectivity index (χ0) is 13.6. The van der Waals surface area contributed by atoms with E-state index in [-0.39, 0.29) is 0 Å². The maximum atomic E-state index is 4.40. The Hall–Kier alpha value is -2.88. The minimum absolute atomic E-state index is 0.866. The fraction of sp³-hybridized carbons (Fsp3) is 0. The van der Waals surface area contributed by atoms with E-state index in [4.69, 9.17) is 0 Å². The van der Waals surface area contributed by atoms with Crippen LogP contribution in [-0.2, 0) is 0 Å². The number of rotatable bonds is 2. The van der Waals surface area contributed by atoms with E-state index in [0.29, 0.717) is 0 Å². The molecule has 0 aromatic carbocycles. The molecule has 20 heavy (non-hydrogen) atoms. The lowest BCUT2D eigenvalue weighted by molar-refractivity contribution is 1.06. The summed E-state index contributed by atoms with van der Waals surface area (Å²) in [6.07, 6.45) is 17.2. The molecule has 98 valence electrons. The number of pyridine rings is 1. The molecule has 4 nitrogen and oxygen atoms in total. The highest BCUT2D eigenvalue weighted by molar-refractivity contribution is 5.86. The molecule has 1 aromatic rings. The van der Waals surface area contributed by atoms with Crippen LogP contribution in [0.1, 0.15) is 5.69 Å². The smallest absolute Gasteiger partial charge is 0.0811 e.